The molecule has 54 valence electrons. The third-order valence-corrected chi connectivity index (χ3v) is 2.21. The highest BCUT2D eigenvalue weighted by Gasteiger charge is 1.90. The Hall–Kier alpha value is -0.310. The molecule has 1 rings (SSSR count). The Bertz CT molecular complexity index is 229. The molecule has 0 fully saturated rings. The zero-order valence-corrected chi connectivity index (χ0v) is 6.95. The molecule has 0 aliphatic carbocycles. The lowest BCUT2D eigenvalue weighted by Crippen LogP contribution is -1.91. The van der Waals surface area contributed by atoms with E-state index in [1.54, 1.807) is 11.3 Å². The van der Waals surface area contributed by atoms with Gasteiger partial charge >= 0.3 is 0 Å². The molecule has 1 nitrogen and oxygen atoms in total. The lowest BCUT2D eigenvalue weighted by molar-refractivity contribution is 1.26. The second-order valence-electron chi connectivity index (χ2n) is 1.78. The van der Waals surface area contributed by atoms with Crippen molar-refractivity contribution in [1.29, 1.82) is 0 Å². The molecule has 0 amide bonds. The monoisotopic (exact) mass is 173 g/mol. The van der Waals surface area contributed by atoms with Gasteiger partial charge in [-0.05, 0) is 18.2 Å². The highest BCUT2D eigenvalue weighted by Crippen LogP contribution is 2.21. The summed E-state index contributed by atoms with van der Waals surface area (Å²) in [6.45, 7) is 0.579. The van der Waals surface area contributed by atoms with Gasteiger partial charge in [-0.1, -0.05) is 17.7 Å². The van der Waals surface area contributed by atoms with Crippen LogP contribution < -0.4 is 5.73 Å². The van der Waals surface area contributed by atoms with Crippen LogP contribution in [0, 0.1) is 0 Å². The SMILES string of the molecule is NC/C=C/c1ccc(Cl)s1. The van der Waals surface area contributed by atoms with Crippen LogP contribution >= 0.6 is 22.9 Å². The summed E-state index contributed by atoms with van der Waals surface area (Å²) < 4.78 is 0.816. The molecule has 0 unspecified atom stereocenters. The van der Waals surface area contributed by atoms with Crippen molar-refractivity contribution in [3.05, 3.63) is 27.4 Å². The van der Waals surface area contributed by atoms with Crippen LogP contribution in [0.4, 0.5) is 0 Å². The van der Waals surface area contributed by atoms with Gasteiger partial charge in [0.2, 0.25) is 0 Å². The van der Waals surface area contributed by atoms with E-state index in [0.717, 1.165) is 9.21 Å². The molecule has 1 aromatic heterocycles. The highest BCUT2D eigenvalue weighted by atomic mass is 35.5. The molecule has 0 aromatic carbocycles. The van der Waals surface area contributed by atoms with Crippen molar-refractivity contribution in [2.75, 3.05) is 6.54 Å². The normalized spacial score (nSPS) is 11.0. The van der Waals surface area contributed by atoms with Gasteiger partial charge in [-0.2, -0.15) is 0 Å². The van der Waals surface area contributed by atoms with Crippen LogP contribution in [-0.2, 0) is 0 Å². The lowest BCUT2D eigenvalue weighted by Gasteiger charge is -1.79. The number of halogens is 1. The standard InChI is InChI=1S/C7H8ClNS/c8-7-4-3-6(10-7)2-1-5-9/h1-4H,5,9H2/b2-1+. The highest BCUT2D eigenvalue weighted by molar-refractivity contribution is 7.16. The third-order valence-electron chi connectivity index (χ3n) is 1.01. The second kappa shape index (κ2) is 3.76. The Morgan fingerprint density at radius 2 is 2.40 bits per heavy atom. The summed E-state index contributed by atoms with van der Waals surface area (Å²) in [5.41, 5.74) is 5.27. The lowest BCUT2D eigenvalue weighted by atomic mass is 10.4. The largest absolute Gasteiger partial charge is 0.327 e. The smallest absolute Gasteiger partial charge is 0.0934 e. The Balaban J connectivity index is 2.67. The van der Waals surface area contributed by atoms with Gasteiger partial charge in [0.05, 0.1) is 4.34 Å². The number of thiophene rings is 1. The Morgan fingerprint density at radius 3 is 2.90 bits per heavy atom. The molecule has 0 saturated carbocycles. The van der Waals surface area contributed by atoms with Crippen LogP contribution in [0.1, 0.15) is 4.88 Å². The van der Waals surface area contributed by atoms with Gasteiger partial charge in [-0.25, -0.2) is 0 Å². The minimum absolute atomic E-state index is 0.579. The summed E-state index contributed by atoms with van der Waals surface area (Å²) in [5, 5.41) is 0. The number of nitrogens with two attached hydrogens (primary N) is 1. The summed E-state index contributed by atoms with van der Waals surface area (Å²) in [4.78, 5) is 1.15. The molecule has 0 aliphatic heterocycles. The average Bonchev–Trinajstić information content (AvgIpc) is 2.31. The molecule has 0 bridgehead atoms. The fourth-order valence-corrected chi connectivity index (χ4v) is 1.59. The summed E-state index contributed by atoms with van der Waals surface area (Å²) in [5.74, 6) is 0. The van der Waals surface area contributed by atoms with Crippen molar-refractivity contribution >= 4 is 29.0 Å². The summed E-state index contributed by atoms with van der Waals surface area (Å²) in [6.07, 6.45) is 3.87. The topological polar surface area (TPSA) is 26.0 Å². The van der Waals surface area contributed by atoms with E-state index in [0.29, 0.717) is 6.54 Å². The first-order chi connectivity index (χ1) is 4.83. The van der Waals surface area contributed by atoms with Crippen molar-refractivity contribution in [3.63, 3.8) is 0 Å². The summed E-state index contributed by atoms with van der Waals surface area (Å²) in [6, 6.07) is 3.85. The Kier molecular flexibility index (Phi) is 2.93. The third kappa shape index (κ3) is 2.14. The average molecular weight is 174 g/mol. The zero-order valence-electron chi connectivity index (χ0n) is 5.38. The van der Waals surface area contributed by atoms with E-state index in [1.165, 1.54) is 0 Å². The van der Waals surface area contributed by atoms with E-state index in [4.69, 9.17) is 17.3 Å². The van der Waals surface area contributed by atoms with Crippen molar-refractivity contribution in [3.8, 4) is 0 Å². The fourth-order valence-electron chi connectivity index (χ4n) is 0.602. The first-order valence-electron chi connectivity index (χ1n) is 2.95. The van der Waals surface area contributed by atoms with E-state index in [1.807, 2.05) is 24.3 Å². The van der Waals surface area contributed by atoms with Gasteiger partial charge in [0.15, 0.2) is 0 Å². The number of rotatable bonds is 2. The van der Waals surface area contributed by atoms with Crippen molar-refractivity contribution < 1.29 is 0 Å². The fraction of sp³-hybridized carbons (Fsp3) is 0.143. The van der Waals surface area contributed by atoms with Crippen molar-refractivity contribution in [1.82, 2.24) is 0 Å². The molecular weight excluding hydrogens is 166 g/mol. The molecule has 0 atom stereocenters. The molecule has 2 N–H and O–H groups in total. The van der Waals surface area contributed by atoms with E-state index in [2.05, 4.69) is 0 Å². The van der Waals surface area contributed by atoms with E-state index < -0.39 is 0 Å². The maximum Gasteiger partial charge on any atom is 0.0934 e. The molecule has 0 spiro atoms. The predicted octanol–water partition coefficient (Wildman–Crippen LogP) is 2.37. The molecule has 3 heteroatoms. The second-order valence-corrected chi connectivity index (χ2v) is 3.53. The molecule has 0 radical (unpaired) electrons. The number of hydrogen-bond acceptors (Lipinski definition) is 2. The van der Waals surface area contributed by atoms with Gasteiger partial charge in [-0.15, -0.1) is 11.3 Å². The van der Waals surface area contributed by atoms with Gasteiger partial charge in [0.1, 0.15) is 0 Å². The van der Waals surface area contributed by atoms with E-state index in [-0.39, 0.29) is 0 Å². The molecule has 0 saturated heterocycles. The van der Waals surface area contributed by atoms with Gasteiger partial charge in [0, 0.05) is 11.4 Å². The van der Waals surface area contributed by atoms with Gasteiger partial charge < -0.3 is 5.73 Å². The molecule has 1 heterocycles. The quantitative estimate of drug-likeness (QED) is 0.730. The first-order valence-corrected chi connectivity index (χ1v) is 4.14. The number of hydrogen-bond donors (Lipinski definition) is 1. The molecule has 0 aliphatic rings. The van der Waals surface area contributed by atoms with E-state index in [9.17, 15) is 0 Å². The minimum atomic E-state index is 0.579. The predicted molar refractivity (Wildman–Crippen MR) is 47.4 cm³/mol. The van der Waals surface area contributed by atoms with Crippen LogP contribution in [0.2, 0.25) is 4.34 Å². The van der Waals surface area contributed by atoms with Crippen LogP contribution in [0.3, 0.4) is 0 Å². The van der Waals surface area contributed by atoms with Crippen LogP contribution in [-0.4, -0.2) is 6.54 Å². The minimum Gasteiger partial charge on any atom is -0.327 e. The van der Waals surface area contributed by atoms with Crippen molar-refractivity contribution in [2.24, 2.45) is 5.73 Å². The van der Waals surface area contributed by atoms with Crippen LogP contribution in [0.5, 0.6) is 0 Å². The Labute approximate surface area is 69.1 Å². The molecule has 10 heavy (non-hydrogen) atoms. The van der Waals surface area contributed by atoms with E-state index >= 15 is 0 Å². The maximum atomic E-state index is 5.69. The van der Waals surface area contributed by atoms with Crippen molar-refractivity contribution in [2.45, 2.75) is 0 Å². The van der Waals surface area contributed by atoms with Gasteiger partial charge in [-0.3, -0.25) is 0 Å². The van der Waals surface area contributed by atoms with Crippen LogP contribution in [0.25, 0.3) is 6.08 Å². The maximum absolute atomic E-state index is 5.69. The summed E-state index contributed by atoms with van der Waals surface area (Å²) in [7, 11) is 0. The Morgan fingerprint density at radius 1 is 1.60 bits per heavy atom. The van der Waals surface area contributed by atoms with Gasteiger partial charge in [0.25, 0.3) is 0 Å². The van der Waals surface area contributed by atoms with Crippen LogP contribution in [0.15, 0.2) is 18.2 Å². The summed E-state index contributed by atoms with van der Waals surface area (Å²) >= 11 is 7.24. The zero-order chi connectivity index (χ0) is 7.40. The molecular formula is C7H8ClNS. The first kappa shape index (κ1) is 7.79. The molecule has 1 aromatic rings.